The maximum atomic E-state index is 13.0. The lowest BCUT2D eigenvalue weighted by Gasteiger charge is -2.17. The number of nitrogen functional groups attached to an aromatic ring is 1. The molecule has 2 aromatic rings. The van der Waals surface area contributed by atoms with Crippen molar-refractivity contribution in [2.24, 2.45) is 0 Å². The van der Waals surface area contributed by atoms with Crippen LogP contribution in [-0.2, 0) is 11.3 Å². The number of carbonyl (C=O) groups excluding carboxylic acids is 1. The van der Waals surface area contributed by atoms with E-state index in [2.05, 4.69) is 19.9 Å². The molecule has 6 heteroatoms. The average molecular weight is 413 g/mol. The minimum absolute atomic E-state index is 0.0889. The first kappa shape index (κ1) is 23.3. The SMILES string of the molecule is CCCCn1c(=O)c(OC=O)c(OC/C=C(\C)CCC=C(C)C)c2ccc(N)cc21. The van der Waals surface area contributed by atoms with Crippen LogP contribution in [-0.4, -0.2) is 17.6 Å². The summed E-state index contributed by atoms with van der Waals surface area (Å²) in [7, 11) is 0. The van der Waals surface area contributed by atoms with Crippen molar-refractivity contribution in [1.29, 1.82) is 0 Å². The molecule has 0 aliphatic heterocycles. The van der Waals surface area contributed by atoms with Gasteiger partial charge in [0.1, 0.15) is 6.61 Å². The molecule has 0 fully saturated rings. The lowest BCUT2D eigenvalue weighted by Crippen LogP contribution is -2.23. The topological polar surface area (TPSA) is 83.5 Å². The highest BCUT2D eigenvalue weighted by atomic mass is 16.5. The first-order valence-electron chi connectivity index (χ1n) is 10.4. The number of pyridine rings is 1. The number of rotatable bonds is 11. The molecule has 0 saturated carbocycles. The van der Waals surface area contributed by atoms with Crippen LogP contribution in [0.5, 0.6) is 11.5 Å². The van der Waals surface area contributed by atoms with Gasteiger partial charge in [0.25, 0.3) is 12.0 Å². The van der Waals surface area contributed by atoms with E-state index in [1.54, 1.807) is 22.8 Å². The van der Waals surface area contributed by atoms with Crippen LogP contribution in [0.2, 0.25) is 0 Å². The van der Waals surface area contributed by atoms with Crippen LogP contribution in [0.4, 0.5) is 5.69 Å². The molecule has 1 aromatic carbocycles. The number of unbranched alkanes of at least 4 members (excludes halogenated alkanes) is 1. The largest absolute Gasteiger partial charge is 0.485 e. The molecule has 2 rings (SSSR count). The summed E-state index contributed by atoms with van der Waals surface area (Å²) >= 11 is 0. The fraction of sp³-hybridized carbons (Fsp3) is 0.417. The quantitative estimate of drug-likeness (QED) is 0.319. The van der Waals surface area contributed by atoms with Gasteiger partial charge in [0.05, 0.1) is 5.52 Å². The standard InChI is InChI=1S/C24H32N2O4/c1-5-6-13-26-21-15-19(25)10-11-20(21)22(23(24(26)28)30-16-27)29-14-12-18(4)9-7-8-17(2)3/h8,10-12,15-16H,5-7,9,13-14,25H2,1-4H3/b18-12+. The van der Waals surface area contributed by atoms with Gasteiger partial charge in [-0.25, -0.2) is 0 Å². The zero-order valence-electron chi connectivity index (χ0n) is 18.4. The van der Waals surface area contributed by atoms with E-state index in [0.717, 1.165) is 25.7 Å². The van der Waals surface area contributed by atoms with Crippen LogP contribution in [0, 0.1) is 0 Å². The van der Waals surface area contributed by atoms with E-state index in [-0.39, 0.29) is 24.6 Å². The fourth-order valence-corrected chi connectivity index (χ4v) is 3.21. The number of anilines is 1. The van der Waals surface area contributed by atoms with E-state index >= 15 is 0 Å². The number of hydrogen-bond acceptors (Lipinski definition) is 5. The van der Waals surface area contributed by atoms with Gasteiger partial charge in [0, 0.05) is 17.6 Å². The van der Waals surface area contributed by atoms with E-state index < -0.39 is 5.56 Å². The molecule has 1 heterocycles. The number of aryl methyl sites for hydroxylation is 1. The third-order valence-corrected chi connectivity index (χ3v) is 4.85. The molecular weight excluding hydrogens is 380 g/mol. The first-order chi connectivity index (χ1) is 14.4. The maximum absolute atomic E-state index is 13.0. The third-order valence-electron chi connectivity index (χ3n) is 4.85. The van der Waals surface area contributed by atoms with E-state index in [1.807, 2.05) is 19.9 Å². The molecule has 0 saturated heterocycles. The van der Waals surface area contributed by atoms with E-state index in [9.17, 15) is 9.59 Å². The molecule has 0 unspecified atom stereocenters. The molecule has 0 spiro atoms. The first-order valence-corrected chi connectivity index (χ1v) is 10.4. The van der Waals surface area contributed by atoms with Crippen LogP contribution in [0.3, 0.4) is 0 Å². The average Bonchev–Trinajstić information content (AvgIpc) is 2.69. The summed E-state index contributed by atoms with van der Waals surface area (Å²) in [6, 6.07) is 5.30. The number of fused-ring (bicyclic) bond motifs is 1. The number of nitrogens with zero attached hydrogens (tertiary/aromatic N) is 1. The highest BCUT2D eigenvalue weighted by molar-refractivity contribution is 5.90. The molecule has 0 amide bonds. The summed E-state index contributed by atoms with van der Waals surface area (Å²) in [5, 5.41) is 0.687. The molecule has 0 bridgehead atoms. The minimum atomic E-state index is -0.395. The monoisotopic (exact) mass is 412 g/mol. The van der Waals surface area contributed by atoms with Crippen molar-refractivity contribution in [2.75, 3.05) is 12.3 Å². The normalized spacial score (nSPS) is 11.4. The molecule has 30 heavy (non-hydrogen) atoms. The number of ether oxygens (including phenoxy) is 2. The fourth-order valence-electron chi connectivity index (χ4n) is 3.21. The van der Waals surface area contributed by atoms with Crippen molar-refractivity contribution in [2.45, 2.75) is 59.9 Å². The Labute approximate surface area is 178 Å². The predicted octanol–water partition coefficient (Wildman–Crippen LogP) is 4.99. The van der Waals surface area contributed by atoms with Gasteiger partial charge in [-0.3, -0.25) is 9.59 Å². The smallest absolute Gasteiger partial charge is 0.298 e. The van der Waals surface area contributed by atoms with Crippen molar-refractivity contribution in [3.63, 3.8) is 0 Å². The van der Waals surface area contributed by atoms with Gasteiger partial charge in [-0.1, -0.05) is 30.6 Å². The molecule has 6 nitrogen and oxygen atoms in total. The highest BCUT2D eigenvalue weighted by Gasteiger charge is 2.19. The molecule has 0 aliphatic rings. The zero-order valence-corrected chi connectivity index (χ0v) is 18.4. The van der Waals surface area contributed by atoms with Gasteiger partial charge in [-0.15, -0.1) is 0 Å². The van der Waals surface area contributed by atoms with Crippen LogP contribution in [0.1, 0.15) is 53.4 Å². The van der Waals surface area contributed by atoms with Crippen molar-refractivity contribution < 1.29 is 14.3 Å². The van der Waals surface area contributed by atoms with Crippen LogP contribution in [0.25, 0.3) is 10.9 Å². The van der Waals surface area contributed by atoms with Gasteiger partial charge in [-0.05, 0) is 64.3 Å². The zero-order chi connectivity index (χ0) is 22.1. The molecule has 162 valence electrons. The second-order valence-electron chi connectivity index (χ2n) is 7.64. The summed E-state index contributed by atoms with van der Waals surface area (Å²) in [4.78, 5) is 24.1. The Morgan fingerprint density at radius 3 is 2.60 bits per heavy atom. The minimum Gasteiger partial charge on any atom is -0.485 e. The van der Waals surface area contributed by atoms with Gasteiger partial charge in [0.2, 0.25) is 5.75 Å². The molecule has 2 N–H and O–H groups in total. The Morgan fingerprint density at radius 1 is 1.17 bits per heavy atom. The number of hydrogen-bond donors (Lipinski definition) is 1. The summed E-state index contributed by atoms with van der Waals surface area (Å²) < 4.78 is 12.6. The summed E-state index contributed by atoms with van der Waals surface area (Å²) in [6.45, 7) is 9.30. The van der Waals surface area contributed by atoms with Crippen molar-refractivity contribution >= 4 is 23.1 Å². The lowest BCUT2D eigenvalue weighted by atomic mass is 10.1. The van der Waals surface area contributed by atoms with E-state index in [4.69, 9.17) is 15.2 Å². The number of allylic oxidation sites excluding steroid dienone is 3. The Kier molecular flexibility index (Phi) is 8.71. The van der Waals surface area contributed by atoms with Crippen molar-refractivity contribution in [1.82, 2.24) is 4.57 Å². The van der Waals surface area contributed by atoms with Crippen LogP contribution in [0.15, 0.2) is 46.3 Å². The van der Waals surface area contributed by atoms with Gasteiger partial charge in [-0.2, -0.15) is 0 Å². The Balaban J connectivity index is 2.42. The second kappa shape index (κ2) is 11.2. The molecule has 0 atom stereocenters. The molecule has 0 radical (unpaired) electrons. The molecular formula is C24H32N2O4. The van der Waals surface area contributed by atoms with E-state index in [0.29, 0.717) is 23.1 Å². The van der Waals surface area contributed by atoms with Gasteiger partial charge >= 0.3 is 0 Å². The maximum Gasteiger partial charge on any atom is 0.298 e. The number of nitrogens with two attached hydrogens (primary N) is 1. The summed E-state index contributed by atoms with van der Waals surface area (Å²) in [6.07, 6.45) is 7.83. The third kappa shape index (κ3) is 5.99. The van der Waals surface area contributed by atoms with Crippen molar-refractivity contribution in [3.05, 3.63) is 51.9 Å². The molecule has 0 aliphatic carbocycles. The Bertz CT molecular complexity index is 998. The Morgan fingerprint density at radius 2 is 1.93 bits per heavy atom. The second-order valence-corrected chi connectivity index (χ2v) is 7.64. The van der Waals surface area contributed by atoms with Crippen molar-refractivity contribution in [3.8, 4) is 11.5 Å². The van der Waals surface area contributed by atoms with Crippen LogP contribution < -0.4 is 20.8 Å². The van der Waals surface area contributed by atoms with E-state index in [1.165, 1.54) is 11.1 Å². The van der Waals surface area contributed by atoms with Gasteiger partial charge in [0.15, 0.2) is 5.75 Å². The highest BCUT2D eigenvalue weighted by Crippen LogP contribution is 2.34. The number of carbonyl (C=O) groups is 1. The molecule has 1 aromatic heterocycles. The van der Waals surface area contributed by atoms with Crippen LogP contribution >= 0.6 is 0 Å². The lowest BCUT2D eigenvalue weighted by molar-refractivity contribution is -0.120. The number of benzene rings is 1. The summed E-state index contributed by atoms with van der Waals surface area (Å²) in [5.41, 5.74) is 9.28. The Hall–Kier alpha value is -3.02. The summed E-state index contributed by atoms with van der Waals surface area (Å²) in [5.74, 6) is 0.178. The number of aromatic nitrogens is 1. The van der Waals surface area contributed by atoms with Gasteiger partial charge < -0.3 is 19.8 Å². The predicted molar refractivity (Wildman–Crippen MR) is 122 cm³/mol.